The van der Waals surface area contributed by atoms with Crippen LogP contribution in [0.4, 0.5) is 0 Å². The van der Waals surface area contributed by atoms with E-state index in [1.165, 1.54) is 12.3 Å². The molecule has 1 saturated carbocycles. The van der Waals surface area contributed by atoms with Crippen molar-refractivity contribution in [2.24, 2.45) is 0 Å². The van der Waals surface area contributed by atoms with Crippen molar-refractivity contribution in [3.05, 3.63) is 23.5 Å². The first-order chi connectivity index (χ1) is 7.20. The Bertz CT molecular complexity index is 446. The molecule has 1 N–H and O–H groups in total. The molecule has 15 heavy (non-hydrogen) atoms. The third-order valence-corrected chi connectivity index (χ3v) is 2.03. The molecule has 1 aromatic heterocycles. The highest BCUT2D eigenvalue weighted by Gasteiger charge is 2.26. The number of aromatic nitrogens is 1. The van der Waals surface area contributed by atoms with E-state index < -0.39 is 5.97 Å². The van der Waals surface area contributed by atoms with Gasteiger partial charge in [-0.05, 0) is 18.9 Å². The number of carboxylic acids is 1. The van der Waals surface area contributed by atoms with Crippen LogP contribution in [0.15, 0.2) is 12.3 Å². The average Bonchev–Trinajstić information content (AvgIpc) is 3.02. The highest BCUT2D eigenvalue weighted by molar-refractivity contribution is 5.91. The monoisotopic (exact) mass is 204 g/mol. The third-order valence-electron chi connectivity index (χ3n) is 2.03. The summed E-state index contributed by atoms with van der Waals surface area (Å²) in [5, 5.41) is 17.5. The van der Waals surface area contributed by atoms with Crippen molar-refractivity contribution in [1.29, 1.82) is 5.26 Å². The molecule has 2 rings (SSSR count). The first-order valence-corrected chi connectivity index (χ1v) is 4.51. The van der Waals surface area contributed by atoms with Gasteiger partial charge in [0.1, 0.15) is 17.3 Å². The molecule has 1 heterocycles. The van der Waals surface area contributed by atoms with Gasteiger partial charge in [0, 0.05) is 0 Å². The van der Waals surface area contributed by atoms with Gasteiger partial charge in [-0.15, -0.1) is 0 Å². The number of carboxylic acid groups (broad SMARTS) is 1. The molecule has 0 radical (unpaired) electrons. The maximum atomic E-state index is 10.9. The third kappa shape index (κ3) is 2.05. The van der Waals surface area contributed by atoms with Crippen LogP contribution in [0.5, 0.6) is 5.75 Å². The van der Waals surface area contributed by atoms with Gasteiger partial charge in [-0.1, -0.05) is 0 Å². The summed E-state index contributed by atoms with van der Waals surface area (Å²) in [7, 11) is 0. The van der Waals surface area contributed by atoms with E-state index in [4.69, 9.17) is 15.1 Å². The lowest BCUT2D eigenvalue weighted by molar-refractivity contribution is 0.0691. The highest BCUT2D eigenvalue weighted by atomic mass is 16.5. The first-order valence-electron chi connectivity index (χ1n) is 4.51. The molecular weight excluding hydrogens is 196 g/mol. The minimum atomic E-state index is -1.11. The number of pyridine rings is 1. The molecule has 0 atom stereocenters. The van der Waals surface area contributed by atoms with E-state index in [0.29, 0.717) is 0 Å². The zero-order valence-electron chi connectivity index (χ0n) is 7.80. The molecule has 0 bridgehead atoms. The maximum absolute atomic E-state index is 10.9. The Balaban J connectivity index is 2.35. The second-order valence-electron chi connectivity index (χ2n) is 3.30. The average molecular weight is 204 g/mol. The van der Waals surface area contributed by atoms with Crippen LogP contribution in [0.2, 0.25) is 0 Å². The topological polar surface area (TPSA) is 83.2 Å². The summed E-state index contributed by atoms with van der Waals surface area (Å²) >= 11 is 0. The number of aromatic carboxylic acids is 1. The minimum Gasteiger partial charge on any atom is -0.488 e. The van der Waals surface area contributed by atoms with Gasteiger partial charge in [0.25, 0.3) is 0 Å². The summed E-state index contributed by atoms with van der Waals surface area (Å²) in [5.74, 6) is -0.867. The second-order valence-corrected chi connectivity index (χ2v) is 3.30. The largest absolute Gasteiger partial charge is 0.488 e. The Morgan fingerprint density at radius 2 is 2.40 bits per heavy atom. The van der Waals surface area contributed by atoms with E-state index in [1.54, 1.807) is 6.07 Å². The Morgan fingerprint density at radius 3 is 2.93 bits per heavy atom. The van der Waals surface area contributed by atoms with Gasteiger partial charge in [0.15, 0.2) is 5.75 Å². The number of ether oxygens (including phenoxy) is 1. The lowest BCUT2D eigenvalue weighted by atomic mass is 10.2. The predicted molar refractivity (Wildman–Crippen MR) is 49.6 cm³/mol. The highest BCUT2D eigenvalue weighted by Crippen LogP contribution is 2.28. The molecule has 0 aliphatic heterocycles. The van der Waals surface area contributed by atoms with Crippen molar-refractivity contribution in [1.82, 2.24) is 4.98 Å². The van der Waals surface area contributed by atoms with Crippen LogP contribution < -0.4 is 4.74 Å². The summed E-state index contributed by atoms with van der Waals surface area (Å²) in [6, 6.07) is 3.01. The molecule has 5 heteroatoms. The Morgan fingerprint density at radius 1 is 1.67 bits per heavy atom. The van der Waals surface area contributed by atoms with E-state index in [0.717, 1.165) is 12.8 Å². The van der Waals surface area contributed by atoms with Crippen molar-refractivity contribution < 1.29 is 14.6 Å². The van der Waals surface area contributed by atoms with E-state index in [-0.39, 0.29) is 23.1 Å². The van der Waals surface area contributed by atoms with Crippen molar-refractivity contribution in [2.75, 3.05) is 0 Å². The van der Waals surface area contributed by atoms with Crippen LogP contribution in [-0.4, -0.2) is 22.2 Å². The van der Waals surface area contributed by atoms with Gasteiger partial charge in [-0.25, -0.2) is 9.78 Å². The summed E-state index contributed by atoms with van der Waals surface area (Å²) < 4.78 is 5.36. The van der Waals surface area contributed by atoms with Crippen molar-refractivity contribution in [3.63, 3.8) is 0 Å². The second kappa shape index (κ2) is 3.58. The molecule has 1 fully saturated rings. The van der Waals surface area contributed by atoms with Crippen LogP contribution in [-0.2, 0) is 0 Å². The number of carbonyl (C=O) groups is 1. The molecule has 5 nitrogen and oxygen atoms in total. The van der Waals surface area contributed by atoms with Crippen LogP contribution in [0.3, 0.4) is 0 Å². The fourth-order valence-corrected chi connectivity index (χ4v) is 1.13. The SMILES string of the molecule is N#Cc1cc(C(=O)O)c(OC2CC2)cn1. The lowest BCUT2D eigenvalue weighted by Crippen LogP contribution is -2.06. The van der Waals surface area contributed by atoms with E-state index in [1.807, 2.05) is 0 Å². The summed E-state index contributed by atoms with van der Waals surface area (Å²) in [5.41, 5.74) is 0.0731. The molecule has 0 aromatic carbocycles. The predicted octanol–water partition coefficient (Wildman–Crippen LogP) is 1.19. The van der Waals surface area contributed by atoms with Crippen LogP contribution in [0.25, 0.3) is 0 Å². The van der Waals surface area contributed by atoms with Crippen LogP contribution in [0.1, 0.15) is 28.9 Å². The van der Waals surface area contributed by atoms with Gasteiger partial charge in [-0.2, -0.15) is 5.26 Å². The van der Waals surface area contributed by atoms with E-state index in [2.05, 4.69) is 4.98 Å². The number of nitrogens with zero attached hydrogens (tertiary/aromatic N) is 2. The Hall–Kier alpha value is -2.09. The standard InChI is InChI=1S/C10H8N2O3/c11-4-6-3-8(10(13)14)9(5-12-6)15-7-1-2-7/h3,5,7H,1-2H2,(H,13,14). The lowest BCUT2D eigenvalue weighted by Gasteiger charge is -2.06. The van der Waals surface area contributed by atoms with Crippen LogP contribution >= 0.6 is 0 Å². The van der Waals surface area contributed by atoms with Gasteiger partial charge in [-0.3, -0.25) is 0 Å². The first kappa shape index (κ1) is 9.46. The quantitative estimate of drug-likeness (QED) is 0.799. The molecular formula is C10H8N2O3. The summed E-state index contributed by atoms with van der Waals surface area (Å²) in [6.45, 7) is 0. The fraction of sp³-hybridized carbons (Fsp3) is 0.300. The van der Waals surface area contributed by atoms with E-state index >= 15 is 0 Å². The van der Waals surface area contributed by atoms with Gasteiger partial charge in [0.2, 0.25) is 0 Å². The molecule has 1 aliphatic carbocycles. The molecule has 0 amide bonds. The van der Waals surface area contributed by atoms with Gasteiger partial charge >= 0.3 is 5.97 Å². The molecule has 0 spiro atoms. The van der Waals surface area contributed by atoms with Crippen molar-refractivity contribution in [2.45, 2.75) is 18.9 Å². The summed E-state index contributed by atoms with van der Waals surface area (Å²) in [4.78, 5) is 14.6. The molecule has 1 aliphatic rings. The molecule has 1 aromatic rings. The molecule has 0 saturated heterocycles. The van der Waals surface area contributed by atoms with E-state index in [9.17, 15) is 4.79 Å². The number of rotatable bonds is 3. The van der Waals surface area contributed by atoms with Gasteiger partial charge in [0.05, 0.1) is 12.3 Å². The molecule has 0 unspecified atom stereocenters. The Kier molecular flexibility index (Phi) is 2.26. The summed E-state index contributed by atoms with van der Waals surface area (Å²) in [6.07, 6.45) is 3.29. The fourth-order valence-electron chi connectivity index (χ4n) is 1.13. The zero-order valence-corrected chi connectivity index (χ0v) is 7.80. The van der Waals surface area contributed by atoms with Gasteiger partial charge < -0.3 is 9.84 Å². The minimum absolute atomic E-state index is 0.00606. The maximum Gasteiger partial charge on any atom is 0.339 e. The smallest absolute Gasteiger partial charge is 0.339 e. The van der Waals surface area contributed by atoms with Crippen LogP contribution in [0, 0.1) is 11.3 Å². The Labute approximate surface area is 85.9 Å². The van der Waals surface area contributed by atoms with Crippen molar-refractivity contribution >= 4 is 5.97 Å². The number of hydrogen-bond donors (Lipinski definition) is 1. The number of hydrogen-bond acceptors (Lipinski definition) is 4. The number of nitriles is 1. The molecule has 76 valence electrons. The zero-order chi connectivity index (χ0) is 10.8. The normalized spacial score (nSPS) is 14.3. The van der Waals surface area contributed by atoms with Crippen molar-refractivity contribution in [3.8, 4) is 11.8 Å².